The van der Waals surface area contributed by atoms with Gasteiger partial charge in [0, 0.05) is 34.4 Å². The van der Waals surface area contributed by atoms with Crippen molar-refractivity contribution in [3.63, 3.8) is 0 Å². The van der Waals surface area contributed by atoms with Crippen LogP contribution in [0.5, 0.6) is 11.8 Å². The maximum Gasteiger partial charge on any atom is 0.345 e. The summed E-state index contributed by atoms with van der Waals surface area (Å²) in [5.74, 6) is -4.89. The molecule has 2 amide bonds. The number of aromatic nitrogens is 2. The number of carbonyl (C=O) groups is 2. The second-order valence-electron chi connectivity index (χ2n) is 11.4. The molecule has 0 unspecified atom stereocenters. The SMILES string of the molecule is NC(=O)c1cc(-c2ccc(F)cc2F)c2c(n1)O[C@@H](COC(F)F)CC2.NC(=O)c1cc(-c2ccc(F)cc2F)c2c(n1)O[C@H](COC(F)F)CC2. The van der Waals surface area contributed by atoms with E-state index < -0.39 is 60.5 Å². The van der Waals surface area contributed by atoms with Crippen LogP contribution in [-0.2, 0) is 22.3 Å². The normalized spacial score (nSPS) is 16.3. The van der Waals surface area contributed by atoms with Crippen molar-refractivity contribution in [1.29, 1.82) is 0 Å². The average Bonchev–Trinajstić information content (AvgIpc) is 3.09. The molecule has 0 bridgehead atoms. The molecule has 18 heteroatoms. The number of hydrogen-bond donors (Lipinski definition) is 2. The van der Waals surface area contributed by atoms with Gasteiger partial charge >= 0.3 is 13.2 Å². The summed E-state index contributed by atoms with van der Waals surface area (Å²) in [6, 6.07) is 8.67. The first-order chi connectivity index (χ1) is 24.7. The number of rotatable bonds is 10. The van der Waals surface area contributed by atoms with Gasteiger partial charge in [-0.25, -0.2) is 27.5 Å². The van der Waals surface area contributed by atoms with Crippen LogP contribution in [0, 0.1) is 23.3 Å². The number of hydrogen-bond acceptors (Lipinski definition) is 8. The van der Waals surface area contributed by atoms with Gasteiger partial charge in [-0.2, -0.15) is 17.6 Å². The predicted octanol–water partition coefficient (Wildman–Crippen LogP) is 6.12. The maximum absolute atomic E-state index is 14.2. The number of pyridine rings is 2. The molecule has 4 N–H and O–H groups in total. The smallest absolute Gasteiger partial charge is 0.345 e. The Balaban J connectivity index is 0.000000201. The van der Waals surface area contributed by atoms with E-state index in [9.17, 15) is 44.7 Å². The van der Waals surface area contributed by atoms with E-state index in [2.05, 4.69) is 19.4 Å². The molecule has 2 aromatic carbocycles. The zero-order chi connectivity index (χ0) is 37.7. The molecule has 0 fully saturated rings. The molecular weight excluding hydrogens is 712 g/mol. The van der Waals surface area contributed by atoms with Gasteiger partial charge in [0.05, 0.1) is 13.2 Å². The van der Waals surface area contributed by atoms with Crippen LogP contribution in [0.3, 0.4) is 0 Å². The predicted molar refractivity (Wildman–Crippen MR) is 166 cm³/mol. The van der Waals surface area contributed by atoms with E-state index in [1.807, 2.05) is 0 Å². The summed E-state index contributed by atoms with van der Waals surface area (Å²) >= 11 is 0. The van der Waals surface area contributed by atoms with Gasteiger partial charge in [-0.15, -0.1) is 0 Å². The third kappa shape index (κ3) is 9.10. The van der Waals surface area contributed by atoms with E-state index >= 15 is 0 Å². The second kappa shape index (κ2) is 16.3. The van der Waals surface area contributed by atoms with Crippen molar-refractivity contribution >= 4 is 11.8 Å². The lowest BCUT2D eigenvalue weighted by atomic mass is 9.94. The lowest BCUT2D eigenvalue weighted by Gasteiger charge is -2.27. The largest absolute Gasteiger partial charge is 0.472 e. The lowest BCUT2D eigenvalue weighted by molar-refractivity contribution is -0.146. The van der Waals surface area contributed by atoms with Gasteiger partial charge < -0.3 is 30.4 Å². The summed E-state index contributed by atoms with van der Waals surface area (Å²) in [4.78, 5) is 31.0. The van der Waals surface area contributed by atoms with Gasteiger partial charge in [-0.05, 0) is 73.2 Å². The molecule has 276 valence electrons. The van der Waals surface area contributed by atoms with Crippen LogP contribution in [0.25, 0.3) is 22.3 Å². The standard InChI is InChI=1S/2C17H14F4N2O3/c2*18-8-1-3-10(13(19)5-8)12-6-14(15(22)24)23-16-11(12)4-2-9(26-16)7-25-17(20)21/h2*1,3,5-6,9,17H,2,4,7H2,(H2,22,24)/t2*9-/m10/s1. The molecule has 0 saturated heterocycles. The van der Waals surface area contributed by atoms with Gasteiger partial charge in [-0.3, -0.25) is 9.59 Å². The molecule has 4 aromatic rings. The molecule has 0 aliphatic carbocycles. The fourth-order valence-electron chi connectivity index (χ4n) is 5.56. The van der Waals surface area contributed by atoms with Gasteiger partial charge in [0.15, 0.2) is 0 Å². The quantitative estimate of drug-likeness (QED) is 0.185. The van der Waals surface area contributed by atoms with E-state index in [1.165, 1.54) is 24.3 Å². The molecule has 0 spiro atoms. The zero-order valence-electron chi connectivity index (χ0n) is 26.7. The molecule has 10 nitrogen and oxygen atoms in total. The van der Waals surface area contributed by atoms with E-state index in [1.54, 1.807) is 0 Å². The summed E-state index contributed by atoms with van der Waals surface area (Å²) in [6.45, 7) is -6.60. The fourth-order valence-corrected chi connectivity index (χ4v) is 5.56. The highest BCUT2D eigenvalue weighted by atomic mass is 19.3. The number of fused-ring (bicyclic) bond motifs is 2. The Morgan fingerprint density at radius 1 is 0.654 bits per heavy atom. The van der Waals surface area contributed by atoms with Crippen LogP contribution in [0.4, 0.5) is 35.1 Å². The molecule has 0 saturated carbocycles. The number of halogens is 8. The molecule has 52 heavy (non-hydrogen) atoms. The average molecular weight is 741 g/mol. The van der Waals surface area contributed by atoms with Crippen molar-refractivity contribution in [2.24, 2.45) is 11.5 Å². The topological polar surface area (TPSA) is 149 Å². The minimum atomic E-state index is -2.94. The summed E-state index contributed by atoms with van der Waals surface area (Å²) in [5, 5.41) is 0. The summed E-state index contributed by atoms with van der Waals surface area (Å²) in [6.07, 6.45) is -0.0911. The molecular formula is C34H28F8N4O6. The Hall–Kier alpha value is -5.36. The highest BCUT2D eigenvalue weighted by molar-refractivity contribution is 5.93. The van der Waals surface area contributed by atoms with Crippen molar-refractivity contribution < 1.29 is 63.7 Å². The Kier molecular flexibility index (Phi) is 11.9. The molecule has 6 rings (SSSR count). The first kappa shape index (κ1) is 37.9. The van der Waals surface area contributed by atoms with Crippen LogP contribution in [0.2, 0.25) is 0 Å². The number of benzene rings is 2. The molecule has 2 aliphatic heterocycles. The Morgan fingerprint density at radius 3 is 1.37 bits per heavy atom. The number of nitrogens with two attached hydrogens (primary N) is 2. The molecule has 2 aromatic heterocycles. The molecule has 4 heterocycles. The van der Waals surface area contributed by atoms with Gasteiger partial charge in [0.25, 0.3) is 11.8 Å². The maximum atomic E-state index is 14.2. The van der Waals surface area contributed by atoms with E-state index in [0.717, 1.165) is 24.3 Å². The van der Waals surface area contributed by atoms with Gasteiger partial charge in [-0.1, -0.05) is 0 Å². The van der Waals surface area contributed by atoms with Crippen molar-refractivity contribution in [2.75, 3.05) is 13.2 Å². The van der Waals surface area contributed by atoms with E-state index in [4.69, 9.17) is 20.9 Å². The Bertz CT molecular complexity index is 1830. The number of alkyl halides is 4. The number of nitrogens with zero attached hydrogens (tertiary/aromatic N) is 2. The molecule has 2 aliphatic rings. The van der Waals surface area contributed by atoms with Crippen LogP contribution in [0.1, 0.15) is 44.9 Å². The van der Waals surface area contributed by atoms with E-state index in [-0.39, 0.29) is 58.6 Å². The lowest BCUT2D eigenvalue weighted by Crippen LogP contribution is -2.30. The highest BCUT2D eigenvalue weighted by Gasteiger charge is 2.29. The number of amides is 2. The van der Waals surface area contributed by atoms with Crippen LogP contribution in [0.15, 0.2) is 48.5 Å². The third-order valence-corrected chi connectivity index (χ3v) is 7.93. The number of primary amides is 2. The van der Waals surface area contributed by atoms with E-state index in [0.29, 0.717) is 36.8 Å². The Labute approximate surface area is 289 Å². The van der Waals surface area contributed by atoms with Crippen LogP contribution < -0.4 is 20.9 Å². The van der Waals surface area contributed by atoms with Crippen molar-refractivity contribution in [3.05, 3.63) is 94.3 Å². The molecule has 2 atom stereocenters. The van der Waals surface area contributed by atoms with Crippen molar-refractivity contribution in [1.82, 2.24) is 9.97 Å². The number of ether oxygens (including phenoxy) is 4. The van der Waals surface area contributed by atoms with Gasteiger partial charge in [0.2, 0.25) is 11.8 Å². The summed E-state index contributed by atoms with van der Waals surface area (Å²) in [7, 11) is 0. The summed E-state index contributed by atoms with van der Waals surface area (Å²) < 4.78 is 123. The van der Waals surface area contributed by atoms with Crippen LogP contribution >= 0.6 is 0 Å². The van der Waals surface area contributed by atoms with Gasteiger partial charge in [0.1, 0.15) is 46.9 Å². The zero-order valence-corrected chi connectivity index (χ0v) is 26.7. The highest BCUT2D eigenvalue weighted by Crippen LogP contribution is 2.38. The van der Waals surface area contributed by atoms with Crippen molar-refractivity contribution in [3.8, 4) is 34.0 Å². The minimum Gasteiger partial charge on any atom is -0.472 e. The second-order valence-corrected chi connectivity index (χ2v) is 11.4. The first-order valence-corrected chi connectivity index (χ1v) is 15.4. The summed E-state index contributed by atoms with van der Waals surface area (Å²) in [5.41, 5.74) is 11.8. The minimum absolute atomic E-state index is 0.00542. The first-order valence-electron chi connectivity index (χ1n) is 15.4. The number of carbonyl (C=O) groups excluding carboxylic acids is 2. The molecule has 0 radical (unpaired) electrons. The fraction of sp³-hybridized carbons (Fsp3) is 0.294. The monoisotopic (exact) mass is 740 g/mol. The Morgan fingerprint density at radius 2 is 1.04 bits per heavy atom. The third-order valence-electron chi connectivity index (χ3n) is 7.93. The van der Waals surface area contributed by atoms with Crippen molar-refractivity contribution in [2.45, 2.75) is 51.1 Å². The van der Waals surface area contributed by atoms with Crippen LogP contribution in [-0.4, -0.2) is 60.4 Å².